The summed E-state index contributed by atoms with van der Waals surface area (Å²) in [5, 5.41) is 14.1. The first-order valence-corrected chi connectivity index (χ1v) is 8.33. The molecule has 0 aliphatic rings. The standard InChI is InChI=1S/C18H17ClN2O6/c1-3-20-18(23)12-5-7-16(14(10-12)21(24)25)27-15-6-4-11(8-13(15)19)9-17(22)26-2/h4-8,10H,3,9H2,1-2H3,(H,20,23). The maximum Gasteiger partial charge on any atom is 0.312 e. The molecule has 9 heteroatoms. The third-order valence-electron chi connectivity index (χ3n) is 3.55. The number of nitro benzene ring substituents is 1. The lowest BCUT2D eigenvalue weighted by atomic mass is 10.1. The lowest BCUT2D eigenvalue weighted by Gasteiger charge is -2.10. The lowest BCUT2D eigenvalue weighted by molar-refractivity contribution is -0.385. The molecule has 142 valence electrons. The number of halogens is 1. The van der Waals surface area contributed by atoms with E-state index in [4.69, 9.17) is 16.3 Å². The maximum atomic E-state index is 11.9. The summed E-state index contributed by atoms with van der Waals surface area (Å²) in [5.74, 6) is -0.719. The molecule has 0 saturated carbocycles. The van der Waals surface area contributed by atoms with Crippen LogP contribution >= 0.6 is 11.6 Å². The van der Waals surface area contributed by atoms with Gasteiger partial charge in [0.2, 0.25) is 5.75 Å². The van der Waals surface area contributed by atoms with Gasteiger partial charge in [0.15, 0.2) is 0 Å². The van der Waals surface area contributed by atoms with Crippen molar-refractivity contribution in [2.75, 3.05) is 13.7 Å². The summed E-state index contributed by atoms with van der Waals surface area (Å²) >= 11 is 6.15. The summed E-state index contributed by atoms with van der Waals surface area (Å²) in [6, 6.07) is 8.52. The normalized spacial score (nSPS) is 10.2. The molecule has 2 rings (SSSR count). The van der Waals surface area contributed by atoms with Gasteiger partial charge in [-0.15, -0.1) is 0 Å². The first-order chi connectivity index (χ1) is 12.8. The minimum atomic E-state index is -0.641. The molecule has 0 spiro atoms. The Morgan fingerprint density at radius 2 is 1.89 bits per heavy atom. The van der Waals surface area contributed by atoms with Crippen molar-refractivity contribution < 1.29 is 24.0 Å². The van der Waals surface area contributed by atoms with E-state index in [9.17, 15) is 19.7 Å². The number of hydrogen-bond donors (Lipinski definition) is 1. The van der Waals surface area contributed by atoms with Crippen LogP contribution in [0.4, 0.5) is 5.69 Å². The molecule has 1 amide bonds. The van der Waals surface area contributed by atoms with Crippen LogP contribution in [0.3, 0.4) is 0 Å². The number of benzene rings is 2. The highest BCUT2D eigenvalue weighted by molar-refractivity contribution is 6.32. The van der Waals surface area contributed by atoms with Crippen LogP contribution in [-0.4, -0.2) is 30.5 Å². The van der Waals surface area contributed by atoms with Crippen molar-refractivity contribution in [2.24, 2.45) is 0 Å². The Hall–Kier alpha value is -3.13. The summed E-state index contributed by atoms with van der Waals surface area (Å²) < 4.78 is 10.2. The molecule has 0 aliphatic heterocycles. The summed E-state index contributed by atoms with van der Waals surface area (Å²) in [4.78, 5) is 33.9. The van der Waals surface area contributed by atoms with E-state index < -0.39 is 16.8 Å². The molecule has 0 fully saturated rings. The van der Waals surface area contributed by atoms with Gasteiger partial charge in [0.25, 0.3) is 5.91 Å². The number of carbonyl (C=O) groups excluding carboxylic acids is 2. The molecule has 27 heavy (non-hydrogen) atoms. The van der Waals surface area contributed by atoms with Crippen LogP contribution in [0.5, 0.6) is 11.5 Å². The first-order valence-electron chi connectivity index (χ1n) is 7.95. The SMILES string of the molecule is CCNC(=O)c1ccc(Oc2ccc(CC(=O)OC)cc2Cl)c([N+](=O)[O-])c1. The fourth-order valence-electron chi connectivity index (χ4n) is 2.24. The van der Waals surface area contributed by atoms with Crippen LogP contribution in [0.1, 0.15) is 22.8 Å². The maximum absolute atomic E-state index is 11.9. The van der Waals surface area contributed by atoms with Crippen LogP contribution in [0.15, 0.2) is 36.4 Å². The van der Waals surface area contributed by atoms with Crippen molar-refractivity contribution in [3.8, 4) is 11.5 Å². The molecule has 1 N–H and O–H groups in total. The summed E-state index contributed by atoms with van der Waals surface area (Å²) in [5.41, 5.74) is 0.393. The zero-order valence-electron chi connectivity index (χ0n) is 14.7. The number of nitrogens with one attached hydrogen (secondary N) is 1. The third-order valence-corrected chi connectivity index (χ3v) is 3.84. The predicted molar refractivity (Wildman–Crippen MR) is 98.3 cm³/mol. The highest BCUT2D eigenvalue weighted by Gasteiger charge is 2.20. The highest BCUT2D eigenvalue weighted by atomic mass is 35.5. The van der Waals surface area contributed by atoms with Gasteiger partial charge in [-0.3, -0.25) is 19.7 Å². The molecular formula is C18H17ClN2O6. The van der Waals surface area contributed by atoms with Gasteiger partial charge in [-0.2, -0.15) is 0 Å². The van der Waals surface area contributed by atoms with Crippen molar-refractivity contribution >= 4 is 29.2 Å². The van der Waals surface area contributed by atoms with Crippen molar-refractivity contribution in [2.45, 2.75) is 13.3 Å². The monoisotopic (exact) mass is 392 g/mol. The number of methoxy groups -OCH3 is 1. The van der Waals surface area contributed by atoms with Crippen molar-refractivity contribution in [3.05, 3.63) is 62.7 Å². The number of nitro groups is 1. The Kier molecular flexibility index (Phi) is 6.73. The predicted octanol–water partition coefficient (Wildman–Crippen LogP) is 3.51. The van der Waals surface area contributed by atoms with E-state index in [2.05, 4.69) is 10.1 Å². The Morgan fingerprint density at radius 3 is 2.48 bits per heavy atom. The smallest absolute Gasteiger partial charge is 0.312 e. The second kappa shape index (κ2) is 9.00. The van der Waals surface area contributed by atoms with Crippen molar-refractivity contribution in [1.29, 1.82) is 0 Å². The second-order valence-corrected chi connectivity index (χ2v) is 5.83. The molecule has 0 aromatic heterocycles. The van der Waals surface area contributed by atoms with Gasteiger partial charge in [-0.05, 0) is 36.8 Å². The number of rotatable bonds is 7. The molecule has 2 aromatic rings. The molecule has 0 atom stereocenters. The minimum Gasteiger partial charge on any atom is -0.469 e. The summed E-state index contributed by atoms with van der Waals surface area (Å²) in [6.45, 7) is 2.15. The number of esters is 1. The van der Waals surface area contributed by atoms with Gasteiger partial charge in [-0.1, -0.05) is 17.7 Å². The summed E-state index contributed by atoms with van der Waals surface area (Å²) in [6.07, 6.45) is 0.0396. The molecule has 2 aromatic carbocycles. The Balaban J connectivity index is 2.29. The zero-order valence-corrected chi connectivity index (χ0v) is 15.4. The molecule has 0 bridgehead atoms. The largest absolute Gasteiger partial charge is 0.469 e. The van der Waals surface area contributed by atoms with E-state index in [0.717, 1.165) is 6.07 Å². The van der Waals surface area contributed by atoms with E-state index >= 15 is 0 Å². The van der Waals surface area contributed by atoms with E-state index in [1.807, 2.05) is 0 Å². The van der Waals surface area contributed by atoms with Gasteiger partial charge in [0, 0.05) is 18.2 Å². The van der Waals surface area contributed by atoms with E-state index in [0.29, 0.717) is 12.1 Å². The third kappa shape index (κ3) is 5.18. The molecule has 0 radical (unpaired) electrons. The molecule has 8 nitrogen and oxygen atoms in total. The Bertz CT molecular complexity index is 884. The highest BCUT2D eigenvalue weighted by Crippen LogP contribution is 2.36. The molecule has 0 heterocycles. The topological polar surface area (TPSA) is 108 Å². The molecule has 0 aliphatic carbocycles. The Labute approximate surface area is 160 Å². The number of nitrogens with zero attached hydrogens (tertiary/aromatic N) is 1. The number of hydrogen-bond acceptors (Lipinski definition) is 6. The number of carbonyl (C=O) groups is 2. The molecule has 0 unspecified atom stereocenters. The number of ether oxygens (including phenoxy) is 2. The van der Waals surface area contributed by atoms with Crippen LogP contribution in [0, 0.1) is 10.1 Å². The van der Waals surface area contributed by atoms with Gasteiger partial charge < -0.3 is 14.8 Å². The van der Waals surface area contributed by atoms with Crippen molar-refractivity contribution in [1.82, 2.24) is 5.32 Å². The fraction of sp³-hybridized carbons (Fsp3) is 0.222. The fourth-order valence-corrected chi connectivity index (χ4v) is 2.49. The first kappa shape index (κ1) is 20.2. The van der Waals surface area contributed by atoms with E-state index in [-0.39, 0.29) is 34.2 Å². The van der Waals surface area contributed by atoms with E-state index in [1.54, 1.807) is 13.0 Å². The minimum absolute atomic E-state index is 0.0396. The van der Waals surface area contributed by atoms with E-state index in [1.165, 1.54) is 31.4 Å². The van der Waals surface area contributed by atoms with Crippen molar-refractivity contribution in [3.63, 3.8) is 0 Å². The average molecular weight is 393 g/mol. The van der Waals surface area contributed by atoms with Crippen LogP contribution in [-0.2, 0) is 16.0 Å². The Morgan fingerprint density at radius 1 is 1.19 bits per heavy atom. The van der Waals surface area contributed by atoms with Crippen LogP contribution in [0.25, 0.3) is 0 Å². The van der Waals surface area contributed by atoms with Crippen LogP contribution < -0.4 is 10.1 Å². The van der Waals surface area contributed by atoms with Gasteiger partial charge in [-0.25, -0.2) is 0 Å². The molecular weight excluding hydrogens is 376 g/mol. The zero-order chi connectivity index (χ0) is 20.0. The second-order valence-electron chi connectivity index (χ2n) is 5.42. The van der Waals surface area contributed by atoms with Gasteiger partial charge in [0.1, 0.15) is 5.75 Å². The van der Waals surface area contributed by atoms with Crippen LogP contribution in [0.2, 0.25) is 5.02 Å². The molecule has 0 saturated heterocycles. The van der Waals surface area contributed by atoms with Gasteiger partial charge >= 0.3 is 11.7 Å². The average Bonchev–Trinajstić information content (AvgIpc) is 2.64. The quantitative estimate of drug-likeness (QED) is 0.439. The number of amides is 1. The summed E-state index contributed by atoms with van der Waals surface area (Å²) in [7, 11) is 1.28. The lowest BCUT2D eigenvalue weighted by Crippen LogP contribution is -2.22. The van der Waals surface area contributed by atoms with Gasteiger partial charge in [0.05, 0.1) is 23.5 Å².